The van der Waals surface area contributed by atoms with Crippen LogP contribution in [0.5, 0.6) is 17.2 Å². The van der Waals surface area contributed by atoms with Crippen molar-refractivity contribution in [3.63, 3.8) is 0 Å². The van der Waals surface area contributed by atoms with Crippen molar-refractivity contribution >= 4 is 11.1 Å². The molecule has 2 aliphatic carbocycles. The van der Waals surface area contributed by atoms with Gasteiger partial charge < -0.3 is 15.3 Å². The molecule has 0 radical (unpaired) electrons. The fourth-order valence-electron chi connectivity index (χ4n) is 5.48. The Labute approximate surface area is 215 Å². The molecule has 1 atom stereocenters. The Morgan fingerprint density at radius 2 is 1.03 bits per heavy atom. The molecule has 0 amide bonds. The Balaban J connectivity index is 1.67. The lowest BCUT2D eigenvalue weighted by Crippen LogP contribution is -2.18. The number of hydrogen-bond acceptors (Lipinski definition) is 3. The number of benzene rings is 4. The summed E-state index contributed by atoms with van der Waals surface area (Å²) in [7, 11) is 0. The van der Waals surface area contributed by atoms with Gasteiger partial charge in [0.2, 0.25) is 0 Å². The summed E-state index contributed by atoms with van der Waals surface area (Å²) in [5.74, 6) is 5.14. The molecule has 176 valence electrons. The van der Waals surface area contributed by atoms with Crippen LogP contribution in [0.4, 0.5) is 0 Å². The number of fused-ring (bicyclic) bond motifs is 4. The van der Waals surface area contributed by atoms with Gasteiger partial charge in [0.1, 0.15) is 5.75 Å². The van der Waals surface area contributed by atoms with Crippen molar-refractivity contribution in [1.29, 1.82) is 0 Å². The molecule has 3 heteroatoms. The summed E-state index contributed by atoms with van der Waals surface area (Å²) in [6.45, 7) is 1.87. The minimum absolute atomic E-state index is 0.184. The maximum Gasteiger partial charge on any atom is 0.158 e. The smallest absolute Gasteiger partial charge is 0.158 e. The quantitative estimate of drug-likeness (QED) is 0.236. The zero-order valence-electron chi connectivity index (χ0n) is 20.1. The lowest BCUT2D eigenvalue weighted by atomic mass is 9.77. The van der Waals surface area contributed by atoms with Crippen molar-refractivity contribution < 1.29 is 15.3 Å². The van der Waals surface area contributed by atoms with E-state index in [1.165, 1.54) is 0 Å². The SMILES string of the molecule is C#Cc1ccc(C2=CC3(C=C(c4ccc(C#C)cc4)c4cc(O)c(O)cc43)c3cc(C)c(O)cc32)cc1. The fraction of sp³-hybridized carbons (Fsp3) is 0.0588. The normalized spacial score (nSPS) is 16.9. The van der Waals surface area contributed by atoms with Gasteiger partial charge in [0.25, 0.3) is 0 Å². The summed E-state index contributed by atoms with van der Waals surface area (Å²) >= 11 is 0. The highest BCUT2D eigenvalue weighted by Gasteiger charge is 2.45. The molecule has 0 saturated carbocycles. The predicted molar refractivity (Wildman–Crippen MR) is 146 cm³/mol. The van der Waals surface area contributed by atoms with Crippen LogP contribution in [0.2, 0.25) is 0 Å². The van der Waals surface area contributed by atoms with Gasteiger partial charge in [-0.05, 0) is 99.5 Å². The van der Waals surface area contributed by atoms with E-state index < -0.39 is 5.41 Å². The summed E-state index contributed by atoms with van der Waals surface area (Å²) in [4.78, 5) is 0. The molecule has 0 fully saturated rings. The summed E-state index contributed by atoms with van der Waals surface area (Å²) in [6.07, 6.45) is 15.5. The van der Waals surface area contributed by atoms with Gasteiger partial charge in [0, 0.05) is 11.1 Å². The first kappa shape index (κ1) is 22.4. The van der Waals surface area contributed by atoms with Crippen LogP contribution in [0.15, 0.2) is 84.9 Å². The standard InChI is InChI=1S/C34H22O3/c1-4-21-6-10-23(11-7-21)27-18-34(29-14-20(3)31(35)15-25(27)29)19-28(24-12-8-22(5-2)9-13-24)26-16-32(36)33(37)17-30(26)34/h1-2,6-19,35-37H,3H3. The zero-order chi connectivity index (χ0) is 25.9. The molecular weight excluding hydrogens is 456 g/mol. The lowest BCUT2D eigenvalue weighted by Gasteiger charge is -2.24. The average Bonchev–Trinajstić information content (AvgIpc) is 3.39. The minimum atomic E-state index is -0.728. The first-order valence-electron chi connectivity index (χ1n) is 11.9. The van der Waals surface area contributed by atoms with Crippen LogP contribution in [0.25, 0.3) is 11.1 Å². The Kier molecular flexibility index (Phi) is 4.80. The fourth-order valence-corrected chi connectivity index (χ4v) is 5.48. The zero-order valence-corrected chi connectivity index (χ0v) is 20.1. The molecule has 1 unspecified atom stereocenters. The lowest BCUT2D eigenvalue weighted by molar-refractivity contribution is 0.402. The highest BCUT2D eigenvalue weighted by atomic mass is 16.3. The monoisotopic (exact) mass is 478 g/mol. The molecule has 0 heterocycles. The molecule has 4 aromatic rings. The van der Waals surface area contributed by atoms with Crippen molar-refractivity contribution in [2.45, 2.75) is 12.3 Å². The van der Waals surface area contributed by atoms with Gasteiger partial charge >= 0.3 is 0 Å². The molecule has 6 rings (SSSR count). The second-order valence-electron chi connectivity index (χ2n) is 9.50. The van der Waals surface area contributed by atoms with Gasteiger partial charge in [-0.15, -0.1) is 12.8 Å². The third-order valence-electron chi connectivity index (χ3n) is 7.39. The third kappa shape index (κ3) is 3.26. The van der Waals surface area contributed by atoms with Crippen LogP contribution in [-0.4, -0.2) is 15.3 Å². The number of rotatable bonds is 2. The van der Waals surface area contributed by atoms with Gasteiger partial charge in [-0.25, -0.2) is 0 Å². The Morgan fingerprint density at radius 1 is 0.595 bits per heavy atom. The molecule has 3 nitrogen and oxygen atoms in total. The molecule has 37 heavy (non-hydrogen) atoms. The van der Waals surface area contributed by atoms with E-state index in [1.54, 1.807) is 18.2 Å². The number of phenols is 3. The van der Waals surface area contributed by atoms with Crippen molar-refractivity contribution in [3.8, 4) is 41.9 Å². The summed E-state index contributed by atoms with van der Waals surface area (Å²) in [5.41, 5.74) is 8.92. The van der Waals surface area contributed by atoms with E-state index in [4.69, 9.17) is 12.8 Å². The van der Waals surface area contributed by atoms with Crippen molar-refractivity contribution in [2.24, 2.45) is 0 Å². The summed E-state index contributed by atoms with van der Waals surface area (Å²) in [5, 5.41) is 31.7. The van der Waals surface area contributed by atoms with Crippen molar-refractivity contribution in [3.05, 3.63) is 135 Å². The number of aryl methyl sites for hydroxylation is 1. The maximum absolute atomic E-state index is 10.7. The van der Waals surface area contributed by atoms with Gasteiger partial charge in [-0.2, -0.15) is 0 Å². The molecule has 3 N–H and O–H groups in total. The Bertz CT molecular complexity index is 1620. The molecule has 4 aromatic carbocycles. The van der Waals surface area contributed by atoms with Gasteiger partial charge in [0.05, 0.1) is 5.41 Å². The van der Waals surface area contributed by atoms with Gasteiger partial charge in [-0.3, -0.25) is 0 Å². The largest absolute Gasteiger partial charge is 0.508 e. The molecule has 0 saturated heterocycles. The van der Waals surface area contributed by atoms with E-state index >= 15 is 0 Å². The first-order valence-corrected chi connectivity index (χ1v) is 11.9. The van der Waals surface area contributed by atoms with Crippen LogP contribution in [0.3, 0.4) is 0 Å². The molecular formula is C34H22O3. The first-order chi connectivity index (χ1) is 17.8. The second-order valence-corrected chi connectivity index (χ2v) is 9.50. The van der Waals surface area contributed by atoms with Crippen molar-refractivity contribution in [2.75, 3.05) is 0 Å². The van der Waals surface area contributed by atoms with E-state index in [-0.39, 0.29) is 17.2 Å². The van der Waals surface area contributed by atoms with Crippen LogP contribution in [-0.2, 0) is 5.41 Å². The van der Waals surface area contributed by atoms with Crippen LogP contribution in [0, 0.1) is 31.6 Å². The van der Waals surface area contributed by atoms with E-state index in [9.17, 15) is 15.3 Å². The second kappa shape index (κ2) is 7.95. The molecule has 0 aromatic heterocycles. The minimum Gasteiger partial charge on any atom is -0.508 e. The van der Waals surface area contributed by atoms with Crippen LogP contribution in [0.1, 0.15) is 50.1 Å². The molecule has 2 aliphatic rings. The number of hydrogen-bond donors (Lipinski definition) is 3. The number of aromatic hydroxyl groups is 3. The van der Waals surface area contributed by atoms with E-state index in [1.807, 2.05) is 61.5 Å². The van der Waals surface area contributed by atoms with Gasteiger partial charge in [-0.1, -0.05) is 54.3 Å². The number of terminal acetylenes is 2. The Hall–Kier alpha value is -5.12. The highest BCUT2D eigenvalue weighted by molar-refractivity contribution is 5.97. The van der Waals surface area contributed by atoms with E-state index in [0.29, 0.717) is 0 Å². The average molecular weight is 479 g/mol. The molecule has 1 spiro atoms. The molecule has 0 aliphatic heterocycles. The van der Waals surface area contributed by atoms with E-state index in [0.717, 1.165) is 61.2 Å². The molecule has 0 bridgehead atoms. The summed E-state index contributed by atoms with van der Waals surface area (Å²) in [6, 6.07) is 22.5. The third-order valence-corrected chi connectivity index (χ3v) is 7.39. The predicted octanol–water partition coefficient (Wildman–Crippen LogP) is 6.25. The van der Waals surface area contributed by atoms with Crippen LogP contribution < -0.4 is 0 Å². The van der Waals surface area contributed by atoms with Crippen LogP contribution >= 0.6 is 0 Å². The van der Waals surface area contributed by atoms with Crippen molar-refractivity contribution in [1.82, 2.24) is 0 Å². The topological polar surface area (TPSA) is 60.7 Å². The maximum atomic E-state index is 10.7. The Morgan fingerprint density at radius 3 is 1.51 bits per heavy atom. The highest BCUT2D eigenvalue weighted by Crippen LogP contribution is 2.57. The number of allylic oxidation sites excluding steroid dienone is 2. The number of phenolic OH excluding ortho intramolecular Hbond substituents is 3. The van der Waals surface area contributed by atoms with E-state index in [2.05, 4.69) is 24.0 Å². The van der Waals surface area contributed by atoms with Gasteiger partial charge in [0.15, 0.2) is 11.5 Å². The summed E-state index contributed by atoms with van der Waals surface area (Å²) < 4.78 is 0.